The van der Waals surface area contributed by atoms with Crippen molar-refractivity contribution in [2.75, 3.05) is 6.61 Å². The van der Waals surface area contributed by atoms with Crippen LogP contribution < -0.4 is 0 Å². The molecule has 0 aliphatic carbocycles. The van der Waals surface area contributed by atoms with E-state index in [1.54, 1.807) is 0 Å². The fourth-order valence-electron chi connectivity index (χ4n) is 2.07. The third kappa shape index (κ3) is 20.0. The van der Waals surface area contributed by atoms with Gasteiger partial charge in [-0.05, 0) is 51.9 Å². The van der Waals surface area contributed by atoms with Crippen LogP contribution in [0.2, 0.25) is 0 Å². The van der Waals surface area contributed by atoms with Crippen LogP contribution in [0, 0.1) is 0 Å². The summed E-state index contributed by atoms with van der Waals surface area (Å²) in [6.45, 7) is 4.44. The third-order valence-corrected chi connectivity index (χ3v) is 3.42. The predicted molar refractivity (Wildman–Crippen MR) is 114 cm³/mol. The second kappa shape index (κ2) is 21.0. The van der Waals surface area contributed by atoms with Gasteiger partial charge in [-0.15, -0.1) is 0 Å². The van der Waals surface area contributed by atoms with Crippen LogP contribution in [-0.4, -0.2) is 12.6 Å². The number of carbonyl (C=O) groups is 1. The Balaban J connectivity index is 3.54. The van der Waals surface area contributed by atoms with Crippen LogP contribution in [0.15, 0.2) is 72.9 Å². The summed E-state index contributed by atoms with van der Waals surface area (Å²) in [6, 6.07) is 0. The minimum absolute atomic E-state index is 0.118. The van der Waals surface area contributed by atoms with E-state index in [9.17, 15) is 4.79 Å². The maximum Gasteiger partial charge on any atom is 0.306 e. The van der Waals surface area contributed by atoms with Crippen molar-refractivity contribution >= 4 is 5.97 Å². The van der Waals surface area contributed by atoms with E-state index in [4.69, 9.17) is 4.74 Å². The average Bonchev–Trinajstić information content (AvgIpc) is 2.64. The van der Waals surface area contributed by atoms with Gasteiger partial charge in [-0.2, -0.15) is 0 Å². The molecule has 0 aliphatic rings. The van der Waals surface area contributed by atoms with E-state index in [0.29, 0.717) is 13.0 Å². The van der Waals surface area contributed by atoms with Crippen molar-refractivity contribution in [3.63, 3.8) is 0 Å². The topological polar surface area (TPSA) is 26.3 Å². The standard InChI is InChI=1S/C24H36O2/c1-3-5-6-7-8-9-10-11-12-13-14-15-16-17-18-19-20-21-22-23-24(25)26-4-2/h5-6,8-9,11-12,14-15,17-18,20-21H,3-4,7,10,13,16,19,22-23H2,1-2H3/b6-5+,9-8-,12-11-,15-14-,18-17-,21-20-. The molecular formula is C24H36O2. The summed E-state index contributed by atoms with van der Waals surface area (Å²) in [5, 5.41) is 0. The number of allylic oxidation sites excluding steroid dienone is 12. The van der Waals surface area contributed by atoms with Gasteiger partial charge in [-0.1, -0.05) is 79.8 Å². The predicted octanol–water partition coefficient (Wildman–Crippen LogP) is 7.03. The van der Waals surface area contributed by atoms with E-state index >= 15 is 0 Å². The van der Waals surface area contributed by atoms with E-state index < -0.39 is 0 Å². The summed E-state index contributed by atoms with van der Waals surface area (Å²) >= 11 is 0. The summed E-state index contributed by atoms with van der Waals surface area (Å²) in [5.41, 5.74) is 0. The van der Waals surface area contributed by atoms with Crippen molar-refractivity contribution in [2.45, 2.75) is 65.2 Å². The van der Waals surface area contributed by atoms with E-state index in [-0.39, 0.29) is 5.97 Å². The maximum atomic E-state index is 11.1. The SMILES string of the molecule is CC/C=C/C/C=C\C/C=C\C/C=C\C/C=C\C/C=C\CCC(=O)OCC. The Kier molecular flexibility index (Phi) is 19.3. The molecule has 0 fully saturated rings. The number of carbonyl (C=O) groups excluding carboxylic acids is 1. The van der Waals surface area contributed by atoms with Gasteiger partial charge in [0.1, 0.15) is 0 Å². The minimum atomic E-state index is -0.118. The molecule has 0 heterocycles. The molecule has 0 aromatic rings. The van der Waals surface area contributed by atoms with Crippen LogP contribution in [0.1, 0.15) is 65.2 Å². The molecule has 0 aliphatic heterocycles. The molecule has 0 atom stereocenters. The fraction of sp³-hybridized carbons (Fsp3) is 0.458. The van der Waals surface area contributed by atoms with Crippen molar-refractivity contribution in [1.82, 2.24) is 0 Å². The van der Waals surface area contributed by atoms with Gasteiger partial charge in [0.2, 0.25) is 0 Å². The molecule has 0 saturated carbocycles. The lowest BCUT2D eigenvalue weighted by molar-refractivity contribution is -0.142. The van der Waals surface area contributed by atoms with E-state index in [0.717, 1.165) is 44.9 Å². The van der Waals surface area contributed by atoms with Crippen molar-refractivity contribution in [3.8, 4) is 0 Å². The van der Waals surface area contributed by atoms with Gasteiger partial charge in [-0.3, -0.25) is 4.79 Å². The molecule has 26 heavy (non-hydrogen) atoms. The van der Waals surface area contributed by atoms with Gasteiger partial charge < -0.3 is 4.74 Å². The molecule has 144 valence electrons. The summed E-state index contributed by atoms with van der Waals surface area (Å²) in [6.07, 6.45) is 33.3. The number of hydrogen-bond donors (Lipinski definition) is 0. The van der Waals surface area contributed by atoms with Crippen LogP contribution in [0.3, 0.4) is 0 Å². The summed E-state index contributed by atoms with van der Waals surface area (Å²) in [4.78, 5) is 11.1. The zero-order valence-corrected chi connectivity index (χ0v) is 16.6. The first-order valence-corrected chi connectivity index (χ1v) is 9.86. The molecule has 0 amide bonds. The Hall–Kier alpha value is -2.09. The molecule has 0 bridgehead atoms. The molecule has 0 aromatic carbocycles. The number of rotatable bonds is 15. The zero-order chi connectivity index (χ0) is 19.1. The van der Waals surface area contributed by atoms with Crippen molar-refractivity contribution < 1.29 is 9.53 Å². The van der Waals surface area contributed by atoms with Gasteiger partial charge >= 0.3 is 5.97 Å². The average molecular weight is 357 g/mol. The highest BCUT2D eigenvalue weighted by Crippen LogP contribution is 1.98. The first kappa shape index (κ1) is 23.9. The van der Waals surface area contributed by atoms with Gasteiger partial charge in [0.25, 0.3) is 0 Å². The Bertz CT molecular complexity index is 490. The lowest BCUT2D eigenvalue weighted by Gasteiger charge is -1.97. The maximum absolute atomic E-state index is 11.1. The van der Waals surface area contributed by atoms with E-state index in [1.165, 1.54) is 0 Å². The van der Waals surface area contributed by atoms with Crippen LogP contribution >= 0.6 is 0 Å². The van der Waals surface area contributed by atoms with Crippen molar-refractivity contribution in [3.05, 3.63) is 72.9 Å². The van der Waals surface area contributed by atoms with Crippen molar-refractivity contribution in [2.24, 2.45) is 0 Å². The quantitative estimate of drug-likeness (QED) is 0.232. The lowest BCUT2D eigenvalue weighted by Crippen LogP contribution is -2.02. The molecule has 0 saturated heterocycles. The molecule has 0 N–H and O–H groups in total. The van der Waals surface area contributed by atoms with Crippen LogP contribution in [0.5, 0.6) is 0 Å². The van der Waals surface area contributed by atoms with Crippen LogP contribution in [0.4, 0.5) is 0 Å². The van der Waals surface area contributed by atoms with Gasteiger partial charge in [0.15, 0.2) is 0 Å². The second-order valence-corrected chi connectivity index (χ2v) is 5.76. The zero-order valence-electron chi connectivity index (χ0n) is 16.6. The number of esters is 1. The Morgan fingerprint density at radius 3 is 1.38 bits per heavy atom. The van der Waals surface area contributed by atoms with Crippen LogP contribution in [0.25, 0.3) is 0 Å². The Labute approximate surface area is 160 Å². The van der Waals surface area contributed by atoms with Crippen molar-refractivity contribution in [1.29, 1.82) is 0 Å². The fourth-order valence-corrected chi connectivity index (χ4v) is 2.07. The second-order valence-electron chi connectivity index (χ2n) is 5.76. The first-order valence-electron chi connectivity index (χ1n) is 9.86. The minimum Gasteiger partial charge on any atom is -0.466 e. The van der Waals surface area contributed by atoms with E-state index in [2.05, 4.69) is 73.8 Å². The molecule has 2 heteroatoms. The summed E-state index contributed by atoms with van der Waals surface area (Å²) in [5.74, 6) is -0.118. The lowest BCUT2D eigenvalue weighted by atomic mass is 10.2. The number of hydrogen-bond acceptors (Lipinski definition) is 2. The van der Waals surface area contributed by atoms with E-state index in [1.807, 2.05) is 13.0 Å². The number of ether oxygens (including phenoxy) is 1. The monoisotopic (exact) mass is 356 g/mol. The molecule has 0 unspecified atom stereocenters. The van der Waals surface area contributed by atoms with Gasteiger partial charge in [0, 0.05) is 6.42 Å². The highest BCUT2D eigenvalue weighted by molar-refractivity contribution is 5.69. The van der Waals surface area contributed by atoms with Gasteiger partial charge in [0.05, 0.1) is 6.61 Å². The normalized spacial score (nSPS) is 12.8. The van der Waals surface area contributed by atoms with Gasteiger partial charge in [-0.25, -0.2) is 0 Å². The molecule has 0 spiro atoms. The molecular weight excluding hydrogens is 320 g/mol. The Morgan fingerprint density at radius 2 is 1.00 bits per heavy atom. The molecule has 0 rings (SSSR count). The highest BCUT2D eigenvalue weighted by Gasteiger charge is 1.97. The summed E-state index contributed by atoms with van der Waals surface area (Å²) < 4.78 is 4.87. The van der Waals surface area contributed by atoms with Crippen LogP contribution in [-0.2, 0) is 9.53 Å². The third-order valence-electron chi connectivity index (χ3n) is 3.42. The molecule has 2 nitrogen and oxygen atoms in total. The smallest absolute Gasteiger partial charge is 0.306 e. The largest absolute Gasteiger partial charge is 0.466 e. The Morgan fingerprint density at radius 1 is 0.615 bits per heavy atom. The molecule has 0 aromatic heterocycles. The summed E-state index contributed by atoms with van der Waals surface area (Å²) in [7, 11) is 0. The molecule has 0 radical (unpaired) electrons. The highest BCUT2D eigenvalue weighted by atomic mass is 16.5. The first-order chi connectivity index (χ1) is 12.8.